The van der Waals surface area contributed by atoms with Crippen LogP contribution in [-0.2, 0) is 26.3 Å². The summed E-state index contributed by atoms with van der Waals surface area (Å²) >= 11 is 1.43. The Morgan fingerprint density at radius 2 is 1.75 bits per heavy atom. The van der Waals surface area contributed by atoms with Gasteiger partial charge < -0.3 is 9.47 Å². The molecule has 0 bridgehead atoms. The van der Waals surface area contributed by atoms with E-state index < -0.39 is 11.4 Å². The number of methoxy groups -OCH3 is 1. The second kappa shape index (κ2) is 8.93. The van der Waals surface area contributed by atoms with Crippen molar-refractivity contribution in [3.05, 3.63) is 88.9 Å². The van der Waals surface area contributed by atoms with Crippen LogP contribution < -0.4 is 0 Å². The van der Waals surface area contributed by atoms with E-state index in [-0.39, 0.29) is 12.6 Å². The molecule has 0 unspecified atom stereocenters. The number of fused-ring (bicyclic) bond motifs is 1. The number of hydrogen-bond acceptors (Lipinski definition) is 6. The van der Waals surface area contributed by atoms with Crippen molar-refractivity contribution in [2.24, 2.45) is 0 Å². The van der Waals surface area contributed by atoms with Crippen LogP contribution in [0.1, 0.15) is 35.5 Å². The molecule has 5 nitrogen and oxygen atoms in total. The Kier molecular flexibility index (Phi) is 6.06. The van der Waals surface area contributed by atoms with Crippen molar-refractivity contribution in [2.45, 2.75) is 25.9 Å². The fraction of sp³-hybridized carbons (Fsp3) is 0.192. The summed E-state index contributed by atoms with van der Waals surface area (Å²) in [4.78, 5) is 29.2. The molecular weight excluding hydrogens is 422 g/mol. The number of nitrogens with zero attached hydrogens (tertiary/aromatic N) is 1. The van der Waals surface area contributed by atoms with Gasteiger partial charge in [0.25, 0.3) is 0 Å². The van der Waals surface area contributed by atoms with Crippen LogP contribution in [0.4, 0.5) is 0 Å². The average Bonchev–Trinajstić information content (AvgIpc) is 3.30. The third kappa shape index (κ3) is 4.41. The molecule has 1 heterocycles. The molecule has 32 heavy (non-hydrogen) atoms. The van der Waals surface area contributed by atoms with Gasteiger partial charge in [0.2, 0.25) is 0 Å². The van der Waals surface area contributed by atoms with Gasteiger partial charge in [0.05, 0.1) is 23.8 Å². The summed E-state index contributed by atoms with van der Waals surface area (Å²) < 4.78 is 10.4. The molecule has 0 fully saturated rings. The van der Waals surface area contributed by atoms with E-state index in [1.807, 2.05) is 67.8 Å². The highest BCUT2D eigenvalue weighted by Gasteiger charge is 2.32. The molecule has 4 aromatic rings. The molecule has 1 aromatic heterocycles. The van der Waals surface area contributed by atoms with Crippen LogP contribution in [0.25, 0.3) is 21.3 Å². The van der Waals surface area contributed by atoms with Crippen LogP contribution in [0.5, 0.6) is 0 Å². The molecule has 0 amide bonds. The Morgan fingerprint density at radius 3 is 2.53 bits per heavy atom. The van der Waals surface area contributed by atoms with Crippen molar-refractivity contribution < 1.29 is 19.1 Å². The number of hydrogen-bond donors (Lipinski definition) is 0. The molecule has 6 heteroatoms. The Labute approximate surface area is 190 Å². The lowest BCUT2D eigenvalue weighted by atomic mass is 9.84. The monoisotopic (exact) mass is 445 g/mol. The van der Waals surface area contributed by atoms with Gasteiger partial charge in [-0.1, -0.05) is 54.6 Å². The lowest BCUT2D eigenvalue weighted by Gasteiger charge is -2.23. The zero-order valence-corrected chi connectivity index (χ0v) is 18.9. The maximum absolute atomic E-state index is 12.9. The zero-order valence-electron chi connectivity index (χ0n) is 18.1. The zero-order chi connectivity index (χ0) is 22.7. The number of thiazole rings is 1. The number of carbonyl (C=O) groups is 2. The molecule has 3 aromatic carbocycles. The van der Waals surface area contributed by atoms with Gasteiger partial charge in [-0.05, 0) is 42.3 Å². The molecule has 0 saturated heterocycles. The van der Waals surface area contributed by atoms with Crippen molar-refractivity contribution in [1.29, 1.82) is 0 Å². The SMILES string of the molecule is COC(=O)c1cccc(-c2nc(COC(=O)C(C)(C)c3ccc4ccccc4c3)cs2)c1. The first kappa shape index (κ1) is 21.7. The minimum absolute atomic E-state index is 0.0863. The van der Waals surface area contributed by atoms with Crippen LogP contribution in [0.2, 0.25) is 0 Å². The molecule has 162 valence electrons. The third-order valence-electron chi connectivity index (χ3n) is 5.41. The van der Waals surface area contributed by atoms with E-state index in [1.54, 1.807) is 18.2 Å². The number of rotatable bonds is 6. The number of benzene rings is 3. The standard InChI is InChI=1S/C26H23NO4S/c1-26(2,21-12-11-17-7-4-5-8-18(17)14-21)25(29)31-15-22-16-32-23(27-22)19-9-6-10-20(13-19)24(28)30-3/h4-14,16H,15H2,1-3H3. The lowest BCUT2D eigenvalue weighted by Crippen LogP contribution is -2.31. The fourth-order valence-corrected chi connectivity index (χ4v) is 4.22. The van der Waals surface area contributed by atoms with Gasteiger partial charge >= 0.3 is 11.9 Å². The minimum Gasteiger partial charge on any atom is -0.465 e. The highest BCUT2D eigenvalue weighted by molar-refractivity contribution is 7.13. The Hall–Kier alpha value is -3.51. The van der Waals surface area contributed by atoms with Crippen LogP contribution >= 0.6 is 11.3 Å². The maximum atomic E-state index is 12.9. The molecule has 0 saturated carbocycles. The Balaban J connectivity index is 1.46. The predicted molar refractivity (Wildman–Crippen MR) is 126 cm³/mol. The molecule has 0 aliphatic rings. The molecule has 0 N–H and O–H groups in total. The summed E-state index contributed by atoms with van der Waals surface area (Å²) in [6, 6.07) is 21.2. The van der Waals surface area contributed by atoms with E-state index in [0.717, 1.165) is 26.9 Å². The fourth-order valence-electron chi connectivity index (χ4n) is 3.42. The maximum Gasteiger partial charge on any atom is 0.337 e. The van der Waals surface area contributed by atoms with Gasteiger partial charge in [-0.25, -0.2) is 9.78 Å². The summed E-state index contributed by atoms with van der Waals surface area (Å²) in [5.74, 6) is -0.705. The summed E-state index contributed by atoms with van der Waals surface area (Å²) in [7, 11) is 1.35. The summed E-state index contributed by atoms with van der Waals surface area (Å²) in [6.45, 7) is 3.82. The van der Waals surface area contributed by atoms with E-state index in [1.165, 1.54) is 18.4 Å². The van der Waals surface area contributed by atoms with Crippen LogP contribution in [0, 0.1) is 0 Å². The first-order valence-corrected chi connectivity index (χ1v) is 11.1. The predicted octanol–water partition coefficient (Wildman–Crippen LogP) is 5.77. The highest BCUT2D eigenvalue weighted by Crippen LogP contribution is 2.29. The molecule has 0 aliphatic heterocycles. The van der Waals surface area contributed by atoms with Gasteiger partial charge in [-0.3, -0.25) is 4.79 Å². The topological polar surface area (TPSA) is 65.5 Å². The number of carbonyl (C=O) groups excluding carboxylic acids is 2. The minimum atomic E-state index is -0.794. The summed E-state index contributed by atoms with van der Waals surface area (Å²) in [5.41, 5.74) is 2.05. The van der Waals surface area contributed by atoms with Gasteiger partial charge in [-0.2, -0.15) is 0 Å². The van der Waals surface area contributed by atoms with Crippen molar-refractivity contribution in [3.8, 4) is 10.6 Å². The van der Waals surface area contributed by atoms with E-state index in [0.29, 0.717) is 11.3 Å². The molecule has 0 aliphatic carbocycles. The first-order valence-electron chi connectivity index (χ1n) is 10.2. The largest absolute Gasteiger partial charge is 0.465 e. The number of ether oxygens (including phenoxy) is 2. The second-order valence-corrected chi connectivity index (χ2v) is 8.84. The van der Waals surface area contributed by atoms with Crippen molar-refractivity contribution in [3.63, 3.8) is 0 Å². The summed E-state index contributed by atoms with van der Waals surface area (Å²) in [5, 5.41) is 4.82. The van der Waals surface area contributed by atoms with Gasteiger partial charge in [-0.15, -0.1) is 11.3 Å². The molecule has 0 atom stereocenters. The summed E-state index contributed by atoms with van der Waals surface area (Å²) in [6.07, 6.45) is 0. The molecular formula is C26H23NO4S. The molecule has 0 spiro atoms. The molecule has 0 radical (unpaired) electrons. The van der Waals surface area contributed by atoms with Crippen LogP contribution in [0.15, 0.2) is 72.1 Å². The van der Waals surface area contributed by atoms with Crippen molar-refractivity contribution in [1.82, 2.24) is 4.98 Å². The third-order valence-corrected chi connectivity index (χ3v) is 6.36. The number of esters is 2. The second-order valence-electron chi connectivity index (χ2n) is 7.98. The number of aromatic nitrogens is 1. The van der Waals surface area contributed by atoms with Crippen LogP contribution in [-0.4, -0.2) is 24.0 Å². The quantitative estimate of drug-likeness (QED) is 0.353. The van der Waals surface area contributed by atoms with Crippen LogP contribution in [0.3, 0.4) is 0 Å². The van der Waals surface area contributed by atoms with E-state index >= 15 is 0 Å². The Bertz CT molecular complexity index is 1290. The highest BCUT2D eigenvalue weighted by atomic mass is 32.1. The first-order chi connectivity index (χ1) is 15.4. The van der Waals surface area contributed by atoms with E-state index in [9.17, 15) is 9.59 Å². The average molecular weight is 446 g/mol. The molecule has 4 rings (SSSR count). The normalized spacial score (nSPS) is 11.3. The van der Waals surface area contributed by atoms with Gasteiger partial charge in [0, 0.05) is 10.9 Å². The Morgan fingerprint density at radius 1 is 0.969 bits per heavy atom. The van der Waals surface area contributed by atoms with E-state index in [4.69, 9.17) is 9.47 Å². The van der Waals surface area contributed by atoms with Crippen molar-refractivity contribution >= 4 is 34.0 Å². The van der Waals surface area contributed by atoms with Crippen molar-refractivity contribution in [2.75, 3.05) is 7.11 Å². The smallest absolute Gasteiger partial charge is 0.337 e. The van der Waals surface area contributed by atoms with Gasteiger partial charge in [0.1, 0.15) is 11.6 Å². The lowest BCUT2D eigenvalue weighted by molar-refractivity contribution is -0.150. The van der Waals surface area contributed by atoms with E-state index in [2.05, 4.69) is 4.98 Å². The van der Waals surface area contributed by atoms with Gasteiger partial charge in [0.15, 0.2) is 0 Å².